The van der Waals surface area contributed by atoms with E-state index >= 15 is 0 Å². The van der Waals surface area contributed by atoms with Gasteiger partial charge in [-0.25, -0.2) is 0 Å². The number of phenolic OH excluding ortho intramolecular Hbond substituents is 1. The molecule has 2 aromatic carbocycles. The third kappa shape index (κ3) is 4.98. The molecule has 1 aliphatic rings. The maximum Gasteiger partial charge on any atom is 0.273 e. The predicted octanol–water partition coefficient (Wildman–Crippen LogP) is 4.80. The van der Waals surface area contributed by atoms with E-state index in [1.807, 2.05) is 31.2 Å². The van der Waals surface area contributed by atoms with E-state index in [1.54, 1.807) is 30.2 Å². The fourth-order valence-electron chi connectivity index (χ4n) is 4.33. The van der Waals surface area contributed by atoms with Crippen LogP contribution in [0.2, 0.25) is 0 Å². The second-order valence-corrected chi connectivity index (χ2v) is 8.94. The van der Waals surface area contributed by atoms with E-state index in [4.69, 9.17) is 14.2 Å². The van der Waals surface area contributed by atoms with Crippen LogP contribution < -0.4 is 9.47 Å². The summed E-state index contributed by atoms with van der Waals surface area (Å²) in [5.41, 5.74) is 3.12. The standard InChI is InChI=1S/C27H33N3O5/c1-5-34-22-16-18(10-11-21(22)35-14-12-17(2)3)26-23-24(19-8-6-7-9-20(19)31)28-29-25(23)27(32)30(26)13-15-33-4/h6-11,16-17,26,31H,5,12-15H2,1-4H3,(H,28,29). The molecule has 3 aromatic rings. The molecule has 2 heterocycles. The van der Waals surface area contributed by atoms with Crippen LogP contribution in [0.15, 0.2) is 42.5 Å². The van der Waals surface area contributed by atoms with Crippen molar-refractivity contribution in [3.63, 3.8) is 0 Å². The minimum Gasteiger partial charge on any atom is -0.507 e. The van der Waals surface area contributed by atoms with Crippen LogP contribution in [-0.2, 0) is 4.74 Å². The lowest BCUT2D eigenvalue weighted by molar-refractivity contribution is 0.0677. The minimum absolute atomic E-state index is 0.104. The predicted molar refractivity (Wildman–Crippen MR) is 133 cm³/mol. The van der Waals surface area contributed by atoms with Gasteiger partial charge in [-0.15, -0.1) is 0 Å². The molecule has 2 N–H and O–H groups in total. The van der Waals surface area contributed by atoms with Crippen molar-refractivity contribution in [1.82, 2.24) is 15.1 Å². The Morgan fingerprint density at radius 1 is 1.11 bits per heavy atom. The highest BCUT2D eigenvalue weighted by molar-refractivity contribution is 6.00. The van der Waals surface area contributed by atoms with E-state index < -0.39 is 6.04 Å². The molecule has 4 rings (SSSR count). The third-order valence-corrected chi connectivity index (χ3v) is 6.10. The summed E-state index contributed by atoms with van der Waals surface area (Å²) in [5.74, 6) is 1.79. The first-order valence-corrected chi connectivity index (χ1v) is 12.0. The van der Waals surface area contributed by atoms with Gasteiger partial charge in [0.15, 0.2) is 11.5 Å². The second-order valence-electron chi connectivity index (χ2n) is 8.94. The van der Waals surface area contributed by atoms with Gasteiger partial charge < -0.3 is 24.2 Å². The van der Waals surface area contributed by atoms with Gasteiger partial charge in [-0.1, -0.05) is 32.0 Å². The molecule has 0 radical (unpaired) electrons. The molecule has 0 fully saturated rings. The summed E-state index contributed by atoms with van der Waals surface area (Å²) in [6.45, 7) is 8.13. The van der Waals surface area contributed by atoms with E-state index in [1.165, 1.54) is 0 Å². The maximum atomic E-state index is 13.4. The monoisotopic (exact) mass is 479 g/mol. The van der Waals surface area contributed by atoms with Gasteiger partial charge in [0.1, 0.15) is 17.1 Å². The van der Waals surface area contributed by atoms with E-state index in [0.29, 0.717) is 60.7 Å². The summed E-state index contributed by atoms with van der Waals surface area (Å²) in [4.78, 5) is 15.1. The van der Waals surface area contributed by atoms with Gasteiger partial charge in [-0.05, 0) is 49.1 Å². The Labute approximate surface area is 205 Å². The number of aromatic nitrogens is 2. The largest absolute Gasteiger partial charge is 0.507 e. The summed E-state index contributed by atoms with van der Waals surface area (Å²) >= 11 is 0. The van der Waals surface area contributed by atoms with Crippen molar-refractivity contribution in [2.24, 2.45) is 5.92 Å². The number of para-hydroxylation sites is 1. The first-order chi connectivity index (χ1) is 17.0. The molecular formula is C27H33N3O5. The van der Waals surface area contributed by atoms with E-state index in [-0.39, 0.29) is 11.7 Å². The van der Waals surface area contributed by atoms with Gasteiger partial charge in [0.25, 0.3) is 5.91 Å². The molecule has 1 aliphatic heterocycles. The van der Waals surface area contributed by atoms with Crippen LogP contribution >= 0.6 is 0 Å². The summed E-state index contributed by atoms with van der Waals surface area (Å²) < 4.78 is 17.2. The van der Waals surface area contributed by atoms with Crippen molar-refractivity contribution in [2.75, 3.05) is 33.5 Å². The van der Waals surface area contributed by atoms with Crippen LogP contribution in [0.3, 0.4) is 0 Å². The molecule has 0 aliphatic carbocycles. The zero-order valence-electron chi connectivity index (χ0n) is 20.7. The molecule has 8 heteroatoms. The molecule has 1 unspecified atom stereocenters. The minimum atomic E-state index is -0.426. The highest BCUT2D eigenvalue weighted by Crippen LogP contribution is 2.45. The number of ether oxygens (including phenoxy) is 3. The number of rotatable bonds is 11. The molecular weight excluding hydrogens is 446 g/mol. The van der Waals surface area contributed by atoms with Crippen molar-refractivity contribution in [2.45, 2.75) is 33.2 Å². The van der Waals surface area contributed by atoms with Crippen LogP contribution in [0.5, 0.6) is 17.2 Å². The lowest BCUT2D eigenvalue weighted by Crippen LogP contribution is -2.32. The fourth-order valence-corrected chi connectivity index (χ4v) is 4.33. The van der Waals surface area contributed by atoms with E-state index in [9.17, 15) is 9.90 Å². The number of carbonyl (C=O) groups excluding carboxylic acids is 1. The van der Waals surface area contributed by atoms with E-state index in [2.05, 4.69) is 24.0 Å². The number of phenols is 1. The lowest BCUT2D eigenvalue weighted by atomic mass is 9.95. The van der Waals surface area contributed by atoms with Crippen LogP contribution in [-0.4, -0.2) is 59.6 Å². The Hall–Kier alpha value is -3.52. The van der Waals surface area contributed by atoms with Gasteiger partial charge >= 0.3 is 0 Å². The molecule has 0 saturated carbocycles. The molecule has 1 aromatic heterocycles. The van der Waals surface area contributed by atoms with Crippen molar-refractivity contribution < 1.29 is 24.1 Å². The highest BCUT2D eigenvalue weighted by Gasteiger charge is 2.42. The molecule has 0 bridgehead atoms. The van der Waals surface area contributed by atoms with Crippen LogP contribution in [0.25, 0.3) is 11.3 Å². The molecule has 8 nitrogen and oxygen atoms in total. The average molecular weight is 480 g/mol. The SMILES string of the molecule is CCOc1cc(C2c3c(-c4ccccc4O)n[nH]c3C(=O)N2CCOC)ccc1OCCC(C)C. The summed E-state index contributed by atoms with van der Waals surface area (Å²) in [7, 11) is 1.61. The first kappa shape index (κ1) is 24.6. The molecule has 1 amide bonds. The van der Waals surface area contributed by atoms with Crippen molar-refractivity contribution in [3.8, 4) is 28.5 Å². The maximum absolute atomic E-state index is 13.4. The number of methoxy groups -OCH3 is 1. The van der Waals surface area contributed by atoms with Gasteiger partial charge in [-0.3, -0.25) is 9.89 Å². The van der Waals surface area contributed by atoms with Gasteiger partial charge in [-0.2, -0.15) is 5.10 Å². The number of benzene rings is 2. The molecule has 35 heavy (non-hydrogen) atoms. The normalized spacial score (nSPS) is 15.1. The van der Waals surface area contributed by atoms with Crippen molar-refractivity contribution in [3.05, 3.63) is 59.3 Å². The number of aromatic hydroxyl groups is 1. The van der Waals surface area contributed by atoms with Crippen LogP contribution in [0.1, 0.15) is 54.8 Å². The van der Waals surface area contributed by atoms with Crippen molar-refractivity contribution in [1.29, 1.82) is 0 Å². The lowest BCUT2D eigenvalue weighted by Gasteiger charge is -2.27. The average Bonchev–Trinajstić information content (AvgIpc) is 3.37. The van der Waals surface area contributed by atoms with Gasteiger partial charge in [0.2, 0.25) is 0 Å². The Bertz CT molecular complexity index is 1170. The number of H-pyrrole nitrogens is 1. The van der Waals surface area contributed by atoms with Crippen LogP contribution in [0, 0.1) is 5.92 Å². The summed E-state index contributed by atoms with van der Waals surface area (Å²) in [5, 5.41) is 17.8. The number of hydrogen-bond acceptors (Lipinski definition) is 6. The molecule has 0 saturated heterocycles. The number of amides is 1. The zero-order chi connectivity index (χ0) is 24.9. The first-order valence-electron chi connectivity index (χ1n) is 12.0. The van der Waals surface area contributed by atoms with E-state index in [0.717, 1.165) is 17.5 Å². The molecule has 186 valence electrons. The zero-order valence-corrected chi connectivity index (χ0v) is 20.7. The number of carbonyl (C=O) groups is 1. The third-order valence-electron chi connectivity index (χ3n) is 6.10. The Morgan fingerprint density at radius 3 is 2.63 bits per heavy atom. The number of fused-ring (bicyclic) bond motifs is 1. The highest BCUT2D eigenvalue weighted by atomic mass is 16.5. The van der Waals surface area contributed by atoms with Gasteiger partial charge in [0.05, 0.1) is 25.9 Å². The topological polar surface area (TPSA) is 96.9 Å². The van der Waals surface area contributed by atoms with Crippen LogP contribution in [0.4, 0.5) is 0 Å². The Morgan fingerprint density at radius 2 is 1.91 bits per heavy atom. The number of nitrogens with zero attached hydrogens (tertiary/aromatic N) is 2. The fraction of sp³-hybridized carbons (Fsp3) is 0.407. The number of hydrogen-bond donors (Lipinski definition) is 2. The molecule has 1 atom stereocenters. The summed E-state index contributed by atoms with van der Waals surface area (Å²) in [6.07, 6.45) is 0.942. The molecule has 0 spiro atoms. The quantitative estimate of drug-likeness (QED) is 0.410. The Kier molecular flexibility index (Phi) is 7.60. The smallest absolute Gasteiger partial charge is 0.273 e. The summed E-state index contributed by atoms with van der Waals surface area (Å²) in [6, 6.07) is 12.4. The van der Waals surface area contributed by atoms with Crippen molar-refractivity contribution >= 4 is 5.91 Å². The second kappa shape index (κ2) is 10.8. The number of aromatic amines is 1. The number of nitrogens with one attached hydrogen (secondary N) is 1. The van der Waals surface area contributed by atoms with Gasteiger partial charge in [0, 0.05) is 24.8 Å². The Balaban J connectivity index is 1.78.